The average Bonchev–Trinajstić information content (AvgIpc) is 3.09. The van der Waals surface area contributed by atoms with Gasteiger partial charge >= 0.3 is 0 Å². The fourth-order valence-electron chi connectivity index (χ4n) is 1.99. The second-order valence-corrected chi connectivity index (χ2v) is 4.56. The van der Waals surface area contributed by atoms with Crippen molar-refractivity contribution in [1.29, 1.82) is 0 Å². The first-order valence-electron chi connectivity index (χ1n) is 6.43. The number of furan rings is 1. The number of benzene rings is 1. The Hall–Kier alpha value is -2.56. The Bertz CT molecular complexity index is 670. The summed E-state index contributed by atoms with van der Waals surface area (Å²) in [5.74, 6) is 2.17. The third kappa shape index (κ3) is 2.88. The van der Waals surface area contributed by atoms with Crippen LogP contribution in [0.15, 0.2) is 67.3 Å². The Morgan fingerprint density at radius 3 is 2.80 bits per heavy atom. The van der Waals surface area contributed by atoms with Crippen LogP contribution in [-0.4, -0.2) is 12.1 Å². The van der Waals surface area contributed by atoms with Crippen LogP contribution in [0.3, 0.4) is 0 Å². The first kappa shape index (κ1) is 12.5. The molecule has 100 valence electrons. The van der Waals surface area contributed by atoms with Crippen molar-refractivity contribution in [2.75, 3.05) is 0 Å². The van der Waals surface area contributed by atoms with Crippen LogP contribution >= 0.6 is 0 Å². The molecule has 0 aliphatic carbocycles. The molecule has 1 aromatic carbocycles. The molecule has 0 N–H and O–H groups in total. The van der Waals surface area contributed by atoms with Gasteiger partial charge in [0.2, 0.25) is 0 Å². The smallest absolute Gasteiger partial charge is 0.175 e. The molecule has 2 heterocycles. The van der Waals surface area contributed by atoms with Gasteiger partial charge in [-0.25, -0.2) is 0 Å². The summed E-state index contributed by atoms with van der Waals surface area (Å²) >= 11 is 0. The van der Waals surface area contributed by atoms with Crippen LogP contribution in [0.1, 0.15) is 29.5 Å². The molecule has 5 nitrogen and oxygen atoms in total. The van der Waals surface area contributed by atoms with E-state index in [1.54, 1.807) is 6.21 Å². The van der Waals surface area contributed by atoms with Crippen molar-refractivity contribution in [3.8, 4) is 0 Å². The van der Waals surface area contributed by atoms with E-state index in [4.69, 9.17) is 4.42 Å². The molecule has 0 unspecified atom stereocenters. The van der Waals surface area contributed by atoms with Gasteiger partial charge in [-0.15, -0.1) is 10.2 Å². The van der Waals surface area contributed by atoms with Crippen LogP contribution in [0.4, 0.5) is 0 Å². The predicted molar refractivity (Wildman–Crippen MR) is 77.1 cm³/mol. The fraction of sp³-hybridized carbons (Fsp3) is 0.200. The van der Waals surface area contributed by atoms with Gasteiger partial charge < -0.3 is 4.42 Å². The van der Waals surface area contributed by atoms with E-state index in [1.807, 2.05) is 49.4 Å². The molecule has 5 heteroatoms. The number of nitrogens with zero attached hydrogens (tertiary/aromatic N) is 4. The summed E-state index contributed by atoms with van der Waals surface area (Å²) in [6.45, 7) is 1.89. The third-order valence-corrected chi connectivity index (χ3v) is 2.99. The second-order valence-electron chi connectivity index (χ2n) is 4.56. The molecular weight excluding hydrogens is 252 g/mol. The number of hydrogen-bond donors (Lipinski definition) is 0. The van der Waals surface area contributed by atoms with E-state index in [1.165, 1.54) is 0 Å². The number of hydrogen-bond acceptors (Lipinski definition) is 4. The summed E-state index contributed by atoms with van der Waals surface area (Å²) in [6.07, 6.45) is 2.25. The Morgan fingerprint density at radius 1 is 1.20 bits per heavy atom. The van der Waals surface area contributed by atoms with Gasteiger partial charge in [-0.3, -0.25) is 0 Å². The van der Waals surface area contributed by atoms with Crippen LogP contribution in [0.5, 0.6) is 0 Å². The molecule has 0 amide bonds. The standard InChI is InChI=1S/C15H14N4O/c1-11-7-8-13(20-11)10-16-18-15-9-14(17-19-15)12-5-3-2-4-6-12/h2-8,10,14H,9H2,1H3/b16-10-,18-15-/t14-/m1/s1. The molecule has 0 bridgehead atoms. The maximum Gasteiger partial charge on any atom is 0.175 e. The highest BCUT2D eigenvalue weighted by Crippen LogP contribution is 2.27. The van der Waals surface area contributed by atoms with E-state index < -0.39 is 0 Å². The Labute approximate surface area is 116 Å². The monoisotopic (exact) mass is 266 g/mol. The molecule has 0 saturated heterocycles. The lowest BCUT2D eigenvalue weighted by atomic mass is 10.1. The van der Waals surface area contributed by atoms with Gasteiger partial charge in [-0.05, 0) is 24.6 Å². The number of azo groups is 1. The van der Waals surface area contributed by atoms with Crippen molar-refractivity contribution in [2.24, 2.45) is 20.4 Å². The van der Waals surface area contributed by atoms with Crippen LogP contribution in [0.25, 0.3) is 0 Å². The third-order valence-electron chi connectivity index (χ3n) is 2.99. The zero-order chi connectivity index (χ0) is 13.8. The van der Waals surface area contributed by atoms with Gasteiger partial charge in [0.25, 0.3) is 0 Å². The molecule has 2 aromatic rings. The van der Waals surface area contributed by atoms with Gasteiger partial charge in [-0.2, -0.15) is 10.2 Å². The maximum absolute atomic E-state index is 5.37. The van der Waals surface area contributed by atoms with Crippen LogP contribution in [0.2, 0.25) is 0 Å². The molecule has 0 fully saturated rings. The van der Waals surface area contributed by atoms with E-state index in [2.05, 4.69) is 20.4 Å². The molecule has 0 saturated carbocycles. The van der Waals surface area contributed by atoms with E-state index >= 15 is 0 Å². The van der Waals surface area contributed by atoms with Gasteiger partial charge in [0.15, 0.2) is 5.84 Å². The quantitative estimate of drug-likeness (QED) is 0.613. The lowest BCUT2D eigenvalue weighted by Gasteiger charge is -2.02. The van der Waals surface area contributed by atoms with Gasteiger partial charge in [-0.1, -0.05) is 30.3 Å². The topological polar surface area (TPSA) is 62.6 Å². The lowest BCUT2D eigenvalue weighted by molar-refractivity contribution is 0.528. The number of rotatable bonds is 3. The minimum Gasteiger partial charge on any atom is -0.460 e. The summed E-state index contributed by atoms with van der Waals surface area (Å²) < 4.78 is 5.37. The number of aryl methyl sites for hydroxylation is 1. The average molecular weight is 266 g/mol. The van der Waals surface area contributed by atoms with Crippen molar-refractivity contribution >= 4 is 12.1 Å². The molecule has 0 spiro atoms. The van der Waals surface area contributed by atoms with E-state index in [0.717, 1.165) is 11.3 Å². The molecule has 1 aliphatic heterocycles. The van der Waals surface area contributed by atoms with Crippen LogP contribution in [0, 0.1) is 6.92 Å². The molecule has 1 aromatic heterocycles. The molecule has 1 aliphatic rings. The van der Waals surface area contributed by atoms with Gasteiger partial charge in [0.05, 0.1) is 6.21 Å². The normalized spacial score (nSPS) is 20.2. The van der Waals surface area contributed by atoms with E-state index in [-0.39, 0.29) is 6.04 Å². The van der Waals surface area contributed by atoms with Crippen molar-refractivity contribution in [3.63, 3.8) is 0 Å². The van der Waals surface area contributed by atoms with E-state index in [0.29, 0.717) is 18.0 Å². The van der Waals surface area contributed by atoms with Crippen molar-refractivity contribution in [3.05, 3.63) is 59.5 Å². The van der Waals surface area contributed by atoms with Crippen LogP contribution in [-0.2, 0) is 0 Å². The van der Waals surface area contributed by atoms with Crippen molar-refractivity contribution < 1.29 is 4.42 Å². The van der Waals surface area contributed by atoms with Crippen molar-refractivity contribution in [1.82, 2.24) is 0 Å². The predicted octanol–water partition coefficient (Wildman–Crippen LogP) is 3.92. The van der Waals surface area contributed by atoms with Crippen LogP contribution < -0.4 is 0 Å². The minimum atomic E-state index is 0.0519. The SMILES string of the molecule is Cc1ccc(/C=N\N=C2\C[C@H](c3ccccc3)N=N2)o1. The largest absolute Gasteiger partial charge is 0.460 e. The minimum absolute atomic E-state index is 0.0519. The summed E-state index contributed by atoms with van der Waals surface area (Å²) in [6, 6.07) is 13.9. The molecule has 20 heavy (non-hydrogen) atoms. The molecule has 3 rings (SSSR count). The molecular formula is C15H14N4O. The van der Waals surface area contributed by atoms with Gasteiger partial charge in [0, 0.05) is 6.42 Å². The zero-order valence-electron chi connectivity index (χ0n) is 11.1. The second kappa shape index (κ2) is 5.61. The summed E-state index contributed by atoms with van der Waals surface area (Å²) in [5, 5.41) is 16.3. The fourth-order valence-corrected chi connectivity index (χ4v) is 1.99. The molecule has 1 atom stereocenters. The summed E-state index contributed by atoms with van der Waals surface area (Å²) in [5.41, 5.74) is 1.15. The maximum atomic E-state index is 5.37. The van der Waals surface area contributed by atoms with E-state index in [9.17, 15) is 0 Å². The highest BCUT2D eigenvalue weighted by Gasteiger charge is 2.19. The highest BCUT2D eigenvalue weighted by molar-refractivity contribution is 5.85. The Balaban J connectivity index is 1.64. The zero-order valence-corrected chi connectivity index (χ0v) is 11.1. The van der Waals surface area contributed by atoms with Gasteiger partial charge in [0.1, 0.15) is 17.6 Å². The summed E-state index contributed by atoms with van der Waals surface area (Å²) in [7, 11) is 0. The lowest BCUT2D eigenvalue weighted by Crippen LogP contribution is -1.95. The first-order chi connectivity index (χ1) is 9.81. The van der Waals surface area contributed by atoms with Crippen molar-refractivity contribution in [2.45, 2.75) is 19.4 Å². The summed E-state index contributed by atoms with van der Waals surface area (Å²) in [4.78, 5) is 0. The highest BCUT2D eigenvalue weighted by atomic mass is 16.3. The first-order valence-corrected chi connectivity index (χ1v) is 6.43. The number of amidine groups is 1. The Morgan fingerprint density at radius 2 is 2.05 bits per heavy atom. The Kier molecular flexibility index (Phi) is 3.50. The molecule has 0 radical (unpaired) electrons.